The van der Waals surface area contributed by atoms with Crippen molar-refractivity contribution in [3.05, 3.63) is 65.5 Å². The fraction of sp³-hybridized carbons (Fsp3) is 0.200. The fourth-order valence-electron chi connectivity index (χ4n) is 1.74. The van der Waals surface area contributed by atoms with E-state index in [0.29, 0.717) is 0 Å². The maximum atomic E-state index is 13.0. The minimum Gasteiger partial charge on any atom is -0.316 e. The van der Waals surface area contributed by atoms with Crippen molar-refractivity contribution in [3.8, 4) is 0 Å². The van der Waals surface area contributed by atoms with Crippen molar-refractivity contribution in [2.45, 2.75) is 17.2 Å². The van der Waals surface area contributed by atoms with Crippen LogP contribution in [0.15, 0.2) is 53.4 Å². The van der Waals surface area contributed by atoms with Crippen LogP contribution in [0.2, 0.25) is 0 Å². The average Bonchev–Trinajstić information content (AvgIpc) is 2.37. The Morgan fingerprint density at radius 3 is 2.61 bits per heavy atom. The number of benzene rings is 2. The molecule has 2 aromatic carbocycles. The van der Waals surface area contributed by atoms with E-state index in [1.807, 2.05) is 13.1 Å². The third-order valence-electron chi connectivity index (χ3n) is 2.57. The monoisotopic (exact) mass is 261 g/mol. The van der Waals surface area contributed by atoms with Gasteiger partial charge in [0, 0.05) is 17.2 Å². The van der Waals surface area contributed by atoms with Crippen LogP contribution in [0.3, 0.4) is 0 Å². The highest BCUT2D eigenvalue weighted by atomic mass is 32.2. The van der Waals surface area contributed by atoms with Gasteiger partial charge < -0.3 is 5.32 Å². The Bertz CT molecular complexity index is 513. The summed E-state index contributed by atoms with van der Waals surface area (Å²) in [6, 6.07) is 15.2. The molecule has 3 heteroatoms. The van der Waals surface area contributed by atoms with Crippen LogP contribution in [0.5, 0.6) is 0 Å². The first-order valence-electron chi connectivity index (χ1n) is 5.89. The summed E-state index contributed by atoms with van der Waals surface area (Å²) in [5, 5.41) is 3.13. The second kappa shape index (κ2) is 6.57. The number of nitrogens with one attached hydrogen (secondary N) is 1. The topological polar surface area (TPSA) is 12.0 Å². The summed E-state index contributed by atoms with van der Waals surface area (Å²) < 4.78 is 13.0. The lowest BCUT2D eigenvalue weighted by Gasteiger charge is -2.05. The third-order valence-corrected chi connectivity index (χ3v) is 3.64. The molecule has 0 saturated heterocycles. The molecule has 2 rings (SSSR count). The largest absolute Gasteiger partial charge is 0.316 e. The normalized spacial score (nSPS) is 10.6. The van der Waals surface area contributed by atoms with Gasteiger partial charge in [0.05, 0.1) is 0 Å². The van der Waals surface area contributed by atoms with Crippen LogP contribution >= 0.6 is 11.8 Å². The van der Waals surface area contributed by atoms with Gasteiger partial charge in [0.1, 0.15) is 5.82 Å². The van der Waals surface area contributed by atoms with Gasteiger partial charge in [-0.05, 0) is 42.4 Å². The molecule has 0 heterocycles. The van der Waals surface area contributed by atoms with Crippen LogP contribution in [0, 0.1) is 5.82 Å². The van der Waals surface area contributed by atoms with E-state index in [9.17, 15) is 4.39 Å². The van der Waals surface area contributed by atoms with E-state index in [1.54, 1.807) is 23.9 Å². The highest BCUT2D eigenvalue weighted by molar-refractivity contribution is 7.98. The molecule has 0 aliphatic carbocycles. The van der Waals surface area contributed by atoms with Crippen molar-refractivity contribution >= 4 is 11.8 Å². The highest BCUT2D eigenvalue weighted by Crippen LogP contribution is 2.23. The van der Waals surface area contributed by atoms with Crippen LogP contribution in [-0.4, -0.2) is 7.05 Å². The van der Waals surface area contributed by atoms with Gasteiger partial charge in [-0.3, -0.25) is 0 Å². The molecule has 0 spiro atoms. The van der Waals surface area contributed by atoms with Crippen LogP contribution in [0.25, 0.3) is 0 Å². The summed E-state index contributed by atoms with van der Waals surface area (Å²) in [7, 11) is 1.94. The second-order valence-corrected chi connectivity index (χ2v) is 5.15. The number of hydrogen-bond donors (Lipinski definition) is 1. The summed E-state index contributed by atoms with van der Waals surface area (Å²) in [4.78, 5) is 1.21. The van der Waals surface area contributed by atoms with Crippen molar-refractivity contribution in [3.63, 3.8) is 0 Å². The molecule has 0 bridgehead atoms. The molecular weight excluding hydrogens is 245 g/mol. The highest BCUT2D eigenvalue weighted by Gasteiger charge is 1.99. The van der Waals surface area contributed by atoms with Gasteiger partial charge in [0.25, 0.3) is 0 Å². The lowest BCUT2D eigenvalue weighted by Crippen LogP contribution is -2.04. The van der Waals surface area contributed by atoms with Gasteiger partial charge in [-0.25, -0.2) is 4.39 Å². The maximum absolute atomic E-state index is 13.0. The SMILES string of the molecule is CNCc1cccc(SCc2cccc(F)c2)c1. The molecule has 0 fully saturated rings. The van der Waals surface area contributed by atoms with Crippen LogP contribution in [0.4, 0.5) is 4.39 Å². The number of rotatable bonds is 5. The molecule has 0 radical (unpaired) electrons. The Kier molecular flexibility index (Phi) is 4.79. The van der Waals surface area contributed by atoms with E-state index >= 15 is 0 Å². The van der Waals surface area contributed by atoms with Gasteiger partial charge in [-0.15, -0.1) is 11.8 Å². The predicted octanol–water partition coefficient (Wildman–Crippen LogP) is 3.84. The lowest BCUT2D eigenvalue weighted by atomic mass is 10.2. The molecule has 0 aliphatic rings. The average molecular weight is 261 g/mol. The zero-order valence-corrected chi connectivity index (χ0v) is 11.1. The molecule has 0 atom stereocenters. The van der Waals surface area contributed by atoms with Gasteiger partial charge in [0.2, 0.25) is 0 Å². The van der Waals surface area contributed by atoms with Crippen LogP contribution in [-0.2, 0) is 12.3 Å². The summed E-state index contributed by atoms with van der Waals surface area (Å²) in [5.74, 6) is 0.623. The molecule has 94 valence electrons. The molecule has 0 aromatic heterocycles. The minimum atomic E-state index is -0.169. The standard InChI is InChI=1S/C15H16FNS/c1-17-10-12-4-3-7-15(9-12)18-11-13-5-2-6-14(16)8-13/h2-9,17H,10-11H2,1H3. The van der Waals surface area contributed by atoms with Crippen molar-refractivity contribution in [2.24, 2.45) is 0 Å². The first-order chi connectivity index (χ1) is 8.78. The second-order valence-electron chi connectivity index (χ2n) is 4.10. The Morgan fingerprint density at radius 1 is 1.06 bits per heavy atom. The molecule has 0 unspecified atom stereocenters. The van der Waals surface area contributed by atoms with Gasteiger partial charge in [-0.2, -0.15) is 0 Å². The van der Waals surface area contributed by atoms with E-state index in [0.717, 1.165) is 17.9 Å². The quantitative estimate of drug-likeness (QED) is 0.821. The summed E-state index contributed by atoms with van der Waals surface area (Å²) in [6.07, 6.45) is 0. The lowest BCUT2D eigenvalue weighted by molar-refractivity contribution is 0.626. The molecule has 1 N–H and O–H groups in total. The number of thioether (sulfide) groups is 1. The van der Waals surface area contributed by atoms with Crippen molar-refractivity contribution in [1.82, 2.24) is 5.32 Å². The Labute approximate surface area is 111 Å². The summed E-state index contributed by atoms with van der Waals surface area (Å²) >= 11 is 1.73. The first kappa shape index (κ1) is 13.1. The van der Waals surface area contributed by atoms with E-state index in [2.05, 4.69) is 29.6 Å². The van der Waals surface area contributed by atoms with Gasteiger partial charge in [-0.1, -0.05) is 24.3 Å². The summed E-state index contributed by atoms with van der Waals surface area (Å²) in [6.45, 7) is 0.869. The number of halogens is 1. The number of hydrogen-bond acceptors (Lipinski definition) is 2. The zero-order chi connectivity index (χ0) is 12.8. The molecule has 0 amide bonds. The Morgan fingerprint density at radius 2 is 1.83 bits per heavy atom. The van der Waals surface area contributed by atoms with Crippen molar-refractivity contribution < 1.29 is 4.39 Å². The fourth-order valence-corrected chi connectivity index (χ4v) is 2.67. The minimum absolute atomic E-state index is 0.169. The van der Waals surface area contributed by atoms with E-state index in [1.165, 1.54) is 16.5 Å². The van der Waals surface area contributed by atoms with Gasteiger partial charge in [0.15, 0.2) is 0 Å². The third kappa shape index (κ3) is 3.86. The van der Waals surface area contributed by atoms with Gasteiger partial charge >= 0.3 is 0 Å². The zero-order valence-electron chi connectivity index (χ0n) is 10.3. The predicted molar refractivity (Wildman–Crippen MR) is 75.2 cm³/mol. The van der Waals surface area contributed by atoms with E-state index in [4.69, 9.17) is 0 Å². The van der Waals surface area contributed by atoms with E-state index in [-0.39, 0.29) is 5.82 Å². The molecule has 2 aromatic rings. The summed E-state index contributed by atoms with van der Waals surface area (Å²) in [5.41, 5.74) is 2.28. The Hall–Kier alpha value is -1.32. The van der Waals surface area contributed by atoms with Crippen molar-refractivity contribution in [1.29, 1.82) is 0 Å². The Balaban J connectivity index is 1.99. The molecular formula is C15H16FNS. The molecule has 0 aliphatic heterocycles. The maximum Gasteiger partial charge on any atom is 0.123 e. The molecule has 1 nitrogen and oxygen atoms in total. The van der Waals surface area contributed by atoms with Crippen molar-refractivity contribution in [2.75, 3.05) is 7.05 Å². The smallest absolute Gasteiger partial charge is 0.123 e. The first-order valence-corrected chi connectivity index (χ1v) is 6.87. The van der Waals surface area contributed by atoms with Crippen LogP contribution in [0.1, 0.15) is 11.1 Å². The van der Waals surface area contributed by atoms with Crippen LogP contribution < -0.4 is 5.32 Å². The molecule has 0 saturated carbocycles. The van der Waals surface area contributed by atoms with E-state index < -0.39 is 0 Å². The molecule has 18 heavy (non-hydrogen) atoms.